The van der Waals surface area contributed by atoms with Crippen LogP contribution in [0.25, 0.3) is 0 Å². The molecule has 0 fully saturated rings. The standard InChI is InChI=1S/C6H18N3OP.Mo.H2O.3O/c1-7(2)11(10,8(3)4)9(5)6;;;;;/h1-6H3;;1H2;;;. The summed E-state index contributed by atoms with van der Waals surface area (Å²) in [6.45, 7) is 0. The Morgan fingerprint density at radius 1 is 0.750 bits per heavy atom. The Bertz CT molecular complexity index is 290. The second-order valence-corrected chi connectivity index (χ2v) is 7.69. The van der Waals surface area contributed by atoms with E-state index in [1.165, 1.54) is 0 Å². The molecule has 0 saturated heterocycles. The van der Waals surface area contributed by atoms with E-state index in [2.05, 4.69) is 0 Å². The average Bonchev–Trinajstić information content (AvgIpc) is 2.00. The first-order valence-corrected chi connectivity index (χ1v) is 7.99. The topological polar surface area (TPSA) is 110 Å². The Hall–Kier alpha value is 0.158. The van der Waals surface area contributed by atoms with Gasteiger partial charge in [0.05, 0.1) is 0 Å². The summed E-state index contributed by atoms with van der Waals surface area (Å²) in [6, 6.07) is 0. The third kappa shape index (κ3) is 7.43. The molecule has 0 unspecified atom stereocenters. The van der Waals surface area contributed by atoms with Crippen LogP contribution in [-0.2, 0) is 32.0 Å². The molecule has 0 heterocycles. The monoisotopic (exact) mass is 343 g/mol. The van der Waals surface area contributed by atoms with Gasteiger partial charge in [-0.3, -0.25) is 4.57 Å². The maximum atomic E-state index is 12.1. The summed E-state index contributed by atoms with van der Waals surface area (Å²) in [4.78, 5) is 0. The Morgan fingerprint density at radius 2 is 0.875 bits per heavy atom. The molecular weight excluding hydrogens is 321 g/mol. The van der Waals surface area contributed by atoms with Crippen LogP contribution >= 0.6 is 7.59 Å². The summed E-state index contributed by atoms with van der Waals surface area (Å²) in [5.41, 5.74) is 0. The molecule has 0 aliphatic carbocycles. The van der Waals surface area contributed by atoms with Gasteiger partial charge >= 0.3 is 27.4 Å². The zero-order valence-corrected chi connectivity index (χ0v) is 13.2. The van der Waals surface area contributed by atoms with Crippen molar-refractivity contribution in [1.29, 1.82) is 0 Å². The number of nitrogens with zero attached hydrogens (tertiary/aromatic N) is 3. The number of hydrogen-bond donors (Lipinski definition) is 0. The summed E-state index contributed by atoms with van der Waals surface area (Å²) in [6.07, 6.45) is 0. The predicted molar refractivity (Wildman–Crippen MR) is 54.3 cm³/mol. The number of rotatable bonds is 3. The summed E-state index contributed by atoms with van der Waals surface area (Å²) >= 11 is -4.11. The van der Waals surface area contributed by atoms with Crippen LogP contribution in [0.15, 0.2) is 0 Å². The molecule has 0 aromatic rings. The van der Waals surface area contributed by atoms with Crippen molar-refractivity contribution >= 4 is 7.59 Å². The van der Waals surface area contributed by atoms with Crippen LogP contribution in [0.3, 0.4) is 0 Å². The molecule has 8 nitrogen and oxygen atoms in total. The van der Waals surface area contributed by atoms with Crippen molar-refractivity contribution in [3.8, 4) is 0 Å². The zero-order valence-electron chi connectivity index (χ0n) is 10.3. The fourth-order valence-electron chi connectivity index (χ4n) is 1.07. The molecule has 0 amide bonds. The van der Waals surface area contributed by atoms with Gasteiger partial charge in [-0.2, -0.15) is 0 Å². The molecule has 0 spiro atoms. The van der Waals surface area contributed by atoms with Crippen molar-refractivity contribution in [2.24, 2.45) is 0 Å². The number of hydrogen-bond acceptors (Lipinski definition) is 4. The average molecular weight is 341 g/mol. The minimum absolute atomic E-state index is 0. The van der Waals surface area contributed by atoms with Gasteiger partial charge in [-0.15, -0.1) is 0 Å². The third-order valence-corrected chi connectivity index (χ3v) is 4.69. The van der Waals surface area contributed by atoms with E-state index in [0.29, 0.717) is 0 Å². The van der Waals surface area contributed by atoms with Crippen LogP contribution in [0.2, 0.25) is 0 Å². The minimum atomic E-state index is -4.11. The van der Waals surface area contributed by atoms with Crippen molar-refractivity contribution in [2.45, 2.75) is 0 Å². The summed E-state index contributed by atoms with van der Waals surface area (Å²) in [5, 5.41) is 0. The third-order valence-electron chi connectivity index (χ3n) is 1.56. The Morgan fingerprint density at radius 3 is 0.875 bits per heavy atom. The van der Waals surface area contributed by atoms with Crippen LogP contribution in [0.4, 0.5) is 0 Å². The fraction of sp³-hybridized carbons (Fsp3) is 1.00. The molecule has 10 heteroatoms. The molecule has 100 valence electrons. The van der Waals surface area contributed by atoms with Crippen molar-refractivity contribution < 1.29 is 37.4 Å². The summed E-state index contributed by atoms with van der Waals surface area (Å²) in [7, 11) is 8.49. The Labute approximate surface area is 102 Å². The van der Waals surface area contributed by atoms with Gasteiger partial charge in [-0.25, -0.2) is 14.0 Å². The van der Waals surface area contributed by atoms with Crippen LogP contribution in [-0.4, -0.2) is 61.8 Å². The van der Waals surface area contributed by atoms with E-state index in [0.717, 1.165) is 0 Å². The molecule has 2 N–H and O–H groups in total. The van der Waals surface area contributed by atoms with E-state index in [4.69, 9.17) is 10.2 Å². The second-order valence-electron chi connectivity index (χ2n) is 3.26. The van der Waals surface area contributed by atoms with Crippen LogP contribution in [0, 0.1) is 0 Å². The predicted octanol–water partition coefficient (Wildman–Crippen LogP) is -0.404. The molecule has 0 rings (SSSR count). The molecule has 0 aliphatic heterocycles. The Kier molecular flexibility index (Phi) is 12.4. The SMILES string of the molecule is CN(C)P(=O)(N(C)C)N(C)C.O.[O]=[Mo](=[O])=[O]. The van der Waals surface area contributed by atoms with E-state index >= 15 is 0 Å². The van der Waals surface area contributed by atoms with Crippen molar-refractivity contribution in [1.82, 2.24) is 14.0 Å². The molecular formula is C6H20MoN3O5P. The van der Waals surface area contributed by atoms with Crippen LogP contribution in [0.1, 0.15) is 0 Å². The van der Waals surface area contributed by atoms with Gasteiger partial charge in [0.2, 0.25) is 0 Å². The van der Waals surface area contributed by atoms with E-state index in [-0.39, 0.29) is 5.48 Å². The van der Waals surface area contributed by atoms with E-state index in [9.17, 15) is 4.57 Å². The molecule has 0 aromatic carbocycles. The van der Waals surface area contributed by atoms with Crippen molar-refractivity contribution in [3.63, 3.8) is 0 Å². The normalized spacial score (nSPS) is 10.8. The maximum absolute atomic E-state index is 12.1. The first kappa shape index (κ1) is 21.4. The molecule has 0 radical (unpaired) electrons. The first-order chi connectivity index (χ1) is 6.56. The Balaban J connectivity index is -0.000000292. The van der Waals surface area contributed by atoms with Gasteiger partial charge < -0.3 is 5.48 Å². The van der Waals surface area contributed by atoms with Crippen LogP contribution in [0.5, 0.6) is 0 Å². The molecule has 0 atom stereocenters. The second kappa shape index (κ2) is 9.22. The van der Waals surface area contributed by atoms with Gasteiger partial charge in [-0.1, -0.05) is 0 Å². The van der Waals surface area contributed by atoms with E-state index in [1.54, 1.807) is 14.0 Å². The van der Waals surface area contributed by atoms with Gasteiger partial charge in [0.1, 0.15) is 0 Å². The van der Waals surface area contributed by atoms with E-state index < -0.39 is 24.8 Å². The first-order valence-electron chi connectivity index (χ1n) is 3.97. The molecule has 0 bridgehead atoms. The van der Waals surface area contributed by atoms with Crippen molar-refractivity contribution in [3.05, 3.63) is 0 Å². The molecule has 0 saturated carbocycles. The summed E-state index contributed by atoms with van der Waals surface area (Å²) < 4.78 is 43.1. The quantitative estimate of drug-likeness (QED) is 0.507. The molecule has 0 aliphatic rings. The van der Waals surface area contributed by atoms with Crippen LogP contribution < -0.4 is 0 Å². The fourth-order valence-corrected chi connectivity index (χ4v) is 3.22. The summed E-state index contributed by atoms with van der Waals surface area (Å²) in [5.74, 6) is 0. The van der Waals surface area contributed by atoms with Crippen molar-refractivity contribution in [2.75, 3.05) is 42.3 Å². The van der Waals surface area contributed by atoms with E-state index in [1.807, 2.05) is 42.3 Å². The van der Waals surface area contributed by atoms with Gasteiger partial charge in [0.25, 0.3) is 7.59 Å². The molecule has 16 heavy (non-hydrogen) atoms. The van der Waals surface area contributed by atoms with Gasteiger partial charge in [0.15, 0.2) is 0 Å². The molecule has 0 aromatic heterocycles. The van der Waals surface area contributed by atoms with Gasteiger partial charge in [0, 0.05) is 0 Å². The van der Waals surface area contributed by atoms with Gasteiger partial charge in [-0.05, 0) is 42.3 Å². The zero-order chi connectivity index (χ0) is 12.8.